The number of esters is 1. The van der Waals surface area contributed by atoms with Gasteiger partial charge < -0.3 is 28.8 Å². The van der Waals surface area contributed by atoms with Crippen LogP contribution in [-0.4, -0.2) is 60.5 Å². The lowest BCUT2D eigenvalue weighted by atomic mass is 9.97. The monoisotopic (exact) mass is 387 g/mol. The molecule has 3 heterocycles. The Balaban J connectivity index is 1.56. The van der Waals surface area contributed by atoms with Gasteiger partial charge in [-0.05, 0) is 12.1 Å². The number of pyridine rings is 1. The number of rotatable bonds is 4. The Labute approximate surface area is 162 Å². The summed E-state index contributed by atoms with van der Waals surface area (Å²) in [6.45, 7) is 0.203. The Morgan fingerprint density at radius 2 is 1.93 bits per heavy atom. The number of aliphatic hydroxyl groups is 1. The van der Waals surface area contributed by atoms with Gasteiger partial charge in [0.2, 0.25) is 0 Å². The van der Waals surface area contributed by atoms with Gasteiger partial charge in [0.05, 0.1) is 6.61 Å². The van der Waals surface area contributed by atoms with E-state index in [2.05, 4.69) is 4.98 Å². The van der Waals surface area contributed by atoms with E-state index < -0.39 is 43.0 Å². The fourth-order valence-electron chi connectivity index (χ4n) is 3.34. The van der Waals surface area contributed by atoms with E-state index in [1.54, 1.807) is 12.1 Å². The number of aromatic nitrogens is 1. The van der Waals surface area contributed by atoms with Crippen LogP contribution in [0.3, 0.4) is 0 Å². The molecule has 2 aromatic rings. The summed E-state index contributed by atoms with van der Waals surface area (Å²) in [5, 5.41) is 10.7. The van der Waals surface area contributed by atoms with Crippen LogP contribution < -0.4 is 0 Å². The van der Waals surface area contributed by atoms with E-state index in [1.807, 2.05) is 30.3 Å². The number of aliphatic hydroxyl groups excluding tert-OH is 1. The third-order valence-corrected chi connectivity index (χ3v) is 4.73. The van der Waals surface area contributed by atoms with Crippen LogP contribution >= 0.6 is 0 Å². The summed E-state index contributed by atoms with van der Waals surface area (Å²) in [5.74, 6) is -0.661. The molecular weight excluding hydrogens is 366 g/mol. The van der Waals surface area contributed by atoms with Crippen LogP contribution in [0.15, 0.2) is 54.7 Å². The van der Waals surface area contributed by atoms with Gasteiger partial charge in [-0.3, -0.25) is 0 Å². The van der Waals surface area contributed by atoms with Gasteiger partial charge in [-0.1, -0.05) is 36.4 Å². The number of carbonyl (C=O) groups excluding carboxylic acids is 1. The third-order valence-electron chi connectivity index (χ3n) is 4.73. The topological polar surface area (TPSA) is 96.3 Å². The predicted octanol–water partition coefficient (Wildman–Crippen LogP) is 1.45. The molecule has 0 spiro atoms. The fraction of sp³-hybridized carbons (Fsp3) is 0.400. The maximum atomic E-state index is 12.5. The van der Waals surface area contributed by atoms with Crippen LogP contribution in [0.25, 0.3) is 0 Å². The van der Waals surface area contributed by atoms with Crippen molar-refractivity contribution in [1.82, 2.24) is 4.98 Å². The molecule has 4 rings (SSSR count). The van der Waals surface area contributed by atoms with Crippen LogP contribution in [-0.2, 0) is 23.7 Å². The second-order valence-corrected chi connectivity index (χ2v) is 6.53. The highest BCUT2D eigenvalue weighted by atomic mass is 16.8. The largest absolute Gasteiger partial charge is 0.452 e. The van der Waals surface area contributed by atoms with Crippen LogP contribution in [0, 0.1) is 0 Å². The SMILES string of the molecule is CO[C@H]1O[C@@H]2CO[C@@H](c3ccccc3)O[C@H]2[C@H](OC(=O)c2ccccn2)[C@H]1O. The molecule has 6 atom stereocenters. The van der Waals surface area contributed by atoms with Crippen LogP contribution in [0.4, 0.5) is 0 Å². The number of hydrogen-bond acceptors (Lipinski definition) is 8. The van der Waals surface area contributed by atoms with Gasteiger partial charge in [0, 0.05) is 18.9 Å². The Hall–Kier alpha value is -2.36. The zero-order chi connectivity index (χ0) is 19.5. The van der Waals surface area contributed by atoms with E-state index in [0.717, 1.165) is 5.56 Å². The highest BCUT2D eigenvalue weighted by Crippen LogP contribution is 2.35. The first-order valence-electron chi connectivity index (χ1n) is 8.97. The minimum Gasteiger partial charge on any atom is -0.452 e. The summed E-state index contributed by atoms with van der Waals surface area (Å²) in [7, 11) is 1.41. The summed E-state index contributed by atoms with van der Waals surface area (Å²) in [4.78, 5) is 16.5. The van der Waals surface area contributed by atoms with Gasteiger partial charge in [0.15, 0.2) is 18.7 Å². The summed E-state index contributed by atoms with van der Waals surface area (Å²) < 4.78 is 28.3. The number of carbonyl (C=O) groups is 1. The maximum absolute atomic E-state index is 12.5. The number of ether oxygens (including phenoxy) is 5. The number of hydrogen-bond donors (Lipinski definition) is 1. The Bertz CT molecular complexity index is 788. The smallest absolute Gasteiger partial charge is 0.357 e. The fourth-order valence-corrected chi connectivity index (χ4v) is 3.34. The van der Waals surface area contributed by atoms with E-state index >= 15 is 0 Å². The van der Waals surface area contributed by atoms with E-state index in [-0.39, 0.29) is 12.3 Å². The number of nitrogens with zero attached hydrogens (tertiary/aromatic N) is 1. The zero-order valence-corrected chi connectivity index (χ0v) is 15.2. The van der Waals surface area contributed by atoms with Crippen LogP contribution in [0.5, 0.6) is 0 Å². The van der Waals surface area contributed by atoms with Gasteiger partial charge >= 0.3 is 5.97 Å². The molecule has 148 valence electrons. The Morgan fingerprint density at radius 1 is 1.14 bits per heavy atom. The summed E-state index contributed by atoms with van der Waals surface area (Å²) in [5.41, 5.74) is 0.956. The number of fused-ring (bicyclic) bond motifs is 1. The van der Waals surface area contributed by atoms with Crippen molar-refractivity contribution in [3.05, 3.63) is 66.0 Å². The van der Waals surface area contributed by atoms with Crippen LogP contribution in [0.2, 0.25) is 0 Å². The van der Waals surface area contributed by atoms with Crippen molar-refractivity contribution < 1.29 is 33.6 Å². The zero-order valence-electron chi connectivity index (χ0n) is 15.2. The highest BCUT2D eigenvalue weighted by molar-refractivity contribution is 5.87. The molecule has 2 fully saturated rings. The lowest BCUT2D eigenvalue weighted by molar-refractivity contribution is -0.357. The summed E-state index contributed by atoms with van der Waals surface area (Å²) in [6.07, 6.45) is -3.66. The molecule has 2 saturated heterocycles. The molecular formula is C20H21NO7. The standard InChI is InChI=1S/C20H21NO7/c1-24-20-15(22)17(27-18(23)13-9-5-6-10-21-13)16-14(26-20)11-25-19(28-16)12-7-3-2-4-8-12/h2-10,14-17,19-20,22H,11H2,1H3/t14-,15-,16-,17-,19-,20+/m1/s1. The Kier molecular flexibility index (Phi) is 5.65. The molecule has 2 aliphatic rings. The van der Waals surface area contributed by atoms with Gasteiger partial charge in [-0.25, -0.2) is 9.78 Å². The van der Waals surface area contributed by atoms with E-state index in [9.17, 15) is 9.90 Å². The number of benzene rings is 1. The molecule has 1 aromatic heterocycles. The molecule has 8 nitrogen and oxygen atoms in total. The molecule has 0 amide bonds. The second kappa shape index (κ2) is 8.34. The molecule has 0 saturated carbocycles. The maximum Gasteiger partial charge on any atom is 0.357 e. The first kappa shape index (κ1) is 19.0. The first-order chi connectivity index (χ1) is 13.7. The van der Waals surface area contributed by atoms with Crippen molar-refractivity contribution in [2.45, 2.75) is 37.0 Å². The minimum atomic E-state index is -1.23. The van der Waals surface area contributed by atoms with Gasteiger partial charge in [0.1, 0.15) is 24.0 Å². The average molecular weight is 387 g/mol. The number of methoxy groups -OCH3 is 1. The molecule has 0 aliphatic carbocycles. The van der Waals surface area contributed by atoms with Crippen molar-refractivity contribution in [1.29, 1.82) is 0 Å². The van der Waals surface area contributed by atoms with Crippen molar-refractivity contribution in [3.8, 4) is 0 Å². The van der Waals surface area contributed by atoms with Crippen molar-refractivity contribution in [2.75, 3.05) is 13.7 Å². The molecule has 1 aromatic carbocycles. The lowest BCUT2D eigenvalue weighted by Gasteiger charge is -2.47. The van der Waals surface area contributed by atoms with E-state index in [0.29, 0.717) is 0 Å². The predicted molar refractivity (Wildman–Crippen MR) is 95.1 cm³/mol. The molecule has 28 heavy (non-hydrogen) atoms. The molecule has 2 aliphatic heterocycles. The minimum absolute atomic E-state index is 0.137. The van der Waals surface area contributed by atoms with E-state index in [4.69, 9.17) is 23.7 Å². The van der Waals surface area contributed by atoms with Gasteiger partial charge in [0.25, 0.3) is 0 Å². The van der Waals surface area contributed by atoms with Gasteiger partial charge in [-0.15, -0.1) is 0 Å². The molecule has 0 radical (unpaired) electrons. The molecule has 1 N–H and O–H groups in total. The molecule has 0 bridgehead atoms. The second-order valence-electron chi connectivity index (χ2n) is 6.53. The third kappa shape index (κ3) is 3.78. The summed E-state index contributed by atoms with van der Waals surface area (Å²) in [6, 6.07) is 14.3. The van der Waals surface area contributed by atoms with E-state index in [1.165, 1.54) is 19.4 Å². The highest BCUT2D eigenvalue weighted by Gasteiger charge is 2.51. The van der Waals surface area contributed by atoms with Crippen LogP contribution in [0.1, 0.15) is 22.3 Å². The summed E-state index contributed by atoms with van der Waals surface area (Å²) >= 11 is 0. The average Bonchev–Trinajstić information content (AvgIpc) is 2.76. The van der Waals surface area contributed by atoms with Gasteiger partial charge in [-0.2, -0.15) is 0 Å². The van der Waals surface area contributed by atoms with Crippen molar-refractivity contribution in [2.24, 2.45) is 0 Å². The quantitative estimate of drug-likeness (QED) is 0.788. The van der Waals surface area contributed by atoms with Crippen molar-refractivity contribution in [3.63, 3.8) is 0 Å². The molecule has 0 unspecified atom stereocenters. The lowest BCUT2D eigenvalue weighted by Crippen LogP contribution is -2.63. The molecule has 8 heteroatoms. The first-order valence-corrected chi connectivity index (χ1v) is 8.97. The van der Waals surface area contributed by atoms with Crippen molar-refractivity contribution >= 4 is 5.97 Å². The Morgan fingerprint density at radius 3 is 2.64 bits per heavy atom. The normalized spacial score (nSPS) is 32.4.